The fourth-order valence-corrected chi connectivity index (χ4v) is 4.45. The van der Waals surface area contributed by atoms with Gasteiger partial charge in [0, 0.05) is 21.5 Å². The summed E-state index contributed by atoms with van der Waals surface area (Å²) < 4.78 is 18.3. The van der Waals surface area contributed by atoms with Gasteiger partial charge in [0.25, 0.3) is 0 Å². The van der Waals surface area contributed by atoms with E-state index in [-0.39, 0.29) is 0 Å². The summed E-state index contributed by atoms with van der Waals surface area (Å²) in [5, 5.41) is 12.9. The summed E-state index contributed by atoms with van der Waals surface area (Å²) >= 11 is 5.13. The smallest absolute Gasteiger partial charge is 0.247 e. The molecule has 3 aromatic rings. The number of rotatable bonds is 7. The number of hydrogen-bond donors (Lipinski definition) is 1. The Bertz CT molecular complexity index is 1080. The van der Waals surface area contributed by atoms with Crippen LogP contribution in [0, 0.1) is 0 Å². The van der Waals surface area contributed by atoms with Crippen molar-refractivity contribution in [3.63, 3.8) is 0 Å². The molecule has 0 radical (unpaired) electrons. The molecule has 0 aliphatic carbocycles. The molecular weight excluding hydrogens is 480 g/mol. The molecule has 0 amide bonds. The molecular formula is C22H23BrN4O3S. The highest BCUT2D eigenvalue weighted by molar-refractivity contribution is 9.10. The molecule has 9 heteroatoms. The zero-order valence-electron chi connectivity index (χ0n) is 17.5. The maximum atomic E-state index is 6.37. The summed E-state index contributed by atoms with van der Waals surface area (Å²) in [6.07, 6.45) is 1.65. The molecule has 0 bridgehead atoms. The van der Waals surface area contributed by atoms with Gasteiger partial charge in [0.1, 0.15) is 11.5 Å². The van der Waals surface area contributed by atoms with Gasteiger partial charge < -0.3 is 19.5 Å². The summed E-state index contributed by atoms with van der Waals surface area (Å²) in [6, 6.07) is 11.5. The summed E-state index contributed by atoms with van der Waals surface area (Å²) in [7, 11) is 3.26. The summed E-state index contributed by atoms with van der Waals surface area (Å²) in [5.41, 5.74) is 3.11. The SMILES string of the molecule is CCCCSc1nnc2c(n1)OC(c1cc(OC)ccc1OC)Nc1ccc(Br)cc1-2. The Kier molecular flexibility index (Phi) is 6.82. The predicted octanol–water partition coefficient (Wildman–Crippen LogP) is 5.71. The monoisotopic (exact) mass is 502 g/mol. The first-order valence-electron chi connectivity index (χ1n) is 9.95. The predicted molar refractivity (Wildman–Crippen MR) is 125 cm³/mol. The lowest BCUT2D eigenvalue weighted by Crippen LogP contribution is -2.18. The van der Waals surface area contributed by atoms with E-state index < -0.39 is 6.23 Å². The highest BCUT2D eigenvalue weighted by Crippen LogP contribution is 2.42. The third-order valence-corrected chi connectivity index (χ3v) is 6.25. The van der Waals surface area contributed by atoms with Crippen LogP contribution < -0.4 is 19.5 Å². The van der Waals surface area contributed by atoms with E-state index in [9.17, 15) is 0 Å². The number of ether oxygens (including phenoxy) is 3. The highest BCUT2D eigenvalue weighted by atomic mass is 79.9. The van der Waals surface area contributed by atoms with Gasteiger partial charge in [0.05, 0.1) is 19.8 Å². The van der Waals surface area contributed by atoms with E-state index in [1.54, 1.807) is 26.0 Å². The normalized spacial score (nSPS) is 14.5. The molecule has 0 saturated heterocycles. The lowest BCUT2D eigenvalue weighted by atomic mass is 10.1. The Hall–Kier alpha value is -2.52. The van der Waals surface area contributed by atoms with Gasteiger partial charge in [-0.05, 0) is 42.8 Å². The van der Waals surface area contributed by atoms with E-state index in [2.05, 4.69) is 43.4 Å². The molecule has 4 rings (SSSR count). The van der Waals surface area contributed by atoms with Crippen LogP contribution in [0.2, 0.25) is 0 Å². The molecule has 2 heterocycles. The Morgan fingerprint density at radius 2 is 2.00 bits per heavy atom. The number of nitrogens with one attached hydrogen (secondary N) is 1. The average Bonchev–Trinajstić information content (AvgIpc) is 2.95. The summed E-state index contributed by atoms with van der Waals surface area (Å²) in [6.45, 7) is 2.16. The van der Waals surface area contributed by atoms with Crippen molar-refractivity contribution in [3.8, 4) is 28.6 Å². The fraction of sp³-hybridized carbons (Fsp3) is 0.318. The van der Waals surface area contributed by atoms with Crippen LogP contribution in [-0.2, 0) is 0 Å². The minimum Gasteiger partial charge on any atom is -0.497 e. The van der Waals surface area contributed by atoms with Crippen LogP contribution in [0.1, 0.15) is 31.6 Å². The third kappa shape index (κ3) is 4.72. The van der Waals surface area contributed by atoms with Crippen LogP contribution in [0.15, 0.2) is 46.0 Å². The van der Waals surface area contributed by atoms with Crippen LogP contribution >= 0.6 is 27.7 Å². The molecule has 1 aromatic heterocycles. The molecule has 1 N–H and O–H groups in total. The van der Waals surface area contributed by atoms with Crippen molar-refractivity contribution in [2.45, 2.75) is 31.1 Å². The van der Waals surface area contributed by atoms with Crippen LogP contribution in [0.3, 0.4) is 0 Å². The Morgan fingerprint density at radius 1 is 1.13 bits per heavy atom. The molecule has 0 saturated carbocycles. The number of hydrogen-bond acceptors (Lipinski definition) is 8. The van der Waals surface area contributed by atoms with Gasteiger partial charge in [0.2, 0.25) is 17.3 Å². The molecule has 1 aliphatic heterocycles. The minimum atomic E-state index is -0.559. The van der Waals surface area contributed by atoms with Crippen molar-refractivity contribution in [2.24, 2.45) is 0 Å². The fourth-order valence-electron chi connectivity index (χ4n) is 3.22. The molecule has 7 nitrogen and oxygen atoms in total. The zero-order valence-corrected chi connectivity index (χ0v) is 19.9. The second kappa shape index (κ2) is 9.74. The van der Waals surface area contributed by atoms with Crippen molar-refractivity contribution < 1.29 is 14.2 Å². The van der Waals surface area contributed by atoms with E-state index in [0.29, 0.717) is 28.2 Å². The Labute approximate surface area is 194 Å². The zero-order chi connectivity index (χ0) is 21.8. The van der Waals surface area contributed by atoms with Gasteiger partial charge in [-0.25, -0.2) is 0 Å². The highest BCUT2D eigenvalue weighted by Gasteiger charge is 2.28. The van der Waals surface area contributed by atoms with Gasteiger partial charge in [0.15, 0.2) is 5.69 Å². The van der Waals surface area contributed by atoms with Gasteiger partial charge in [-0.2, -0.15) is 4.98 Å². The standard InChI is InChI=1S/C22H23BrN4O3S/c1-4-5-10-31-22-25-21-19(26-27-22)15-11-13(23)6-8-17(15)24-20(30-21)16-12-14(28-2)7-9-18(16)29-3/h6-9,11-12,20,24H,4-5,10H2,1-3H3. The Balaban J connectivity index is 1.80. The number of nitrogens with zero attached hydrogens (tertiary/aromatic N) is 3. The van der Waals surface area contributed by atoms with Crippen LogP contribution in [0.25, 0.3) is 11.3 Å². The third-order valence-electron chi connectivity index (χ3n) is 4.84. The number of methoxy groups -OCH3 is 2. The molecule has 1 unspecified atom stereocenters. The number of halogens is 1. The quantitative estimate of drug-likeness (QED) is 0.324. The van der Waals surface area contributed by atoms with E-state index in [1.165, 1.54) is 0 Å². The van der Waals surface area contributed by atoms with Gasteiger partial charge >= 0.3 is 0 Å². The second-order valence-corrected chi connectivity index (χ2v) is 8.87. The van der Waals surface area contributed by atoms with Crippen molar-refractivity contribution in [1.29, 1.82) is 0 Å². The maximum Gasteiger partial charge on any atom is 0.247 e. The van der Waals surface area contributed by atoms with Crippen molar-refractivity contribution in [3.05, 3.63) is 46.4 Å². The number of benzene rings is 2. The molecule has 1 atom stereocenters. The summed E-state index contributed by atoms with van der Waals surface area (Å²) in [4.78, 5) is 4.69. The Morgan fingerprint density at radius 3 is 2.77 bits per heavy atom. The second-order valence-electron chi connectivity index (χ2n) is 6.89. The van der Waals surface area contributed by atoms with Crippen molar-refractivity contribution in [2.75, 3.05) is 25.3 Å². The molecule has 31 heavy (non-hydrogen) atoms. The molecule has 0 fully saturated rings. The lowest BCUT2D eigenvalue weighted by Gasteiger charge is -2.22. The van der Waals surface area contributed by atoms with Crippen LogP contribution in [0.4, 0.5) is 5.69 Å². The molecule has 2 aromatic carbocycles. The van der Waals surface area contributed by atoms with Crippen molar-refractivity contribution >= 4 is 33.4 Å². The van der Waals surface area contributed by atoms with E-state index >= 15 is 0 Å². The topological polar surface area (TPSA) is 78.4 Å². The molecule has 162 valence electrons. The number of anilines is 1. The largest absolute Gasteiger partial charge is 0.497 e. The molecule has 1 aliphatic rings. The lowest BCUT2D eigenvalue weighted by molar-refractivity contribution is 0.219. The van der Waals surface area contributed by atoms with Gasteiger partial charge in [-0.15, -0.1) is 10.2 Å². The number of aromatic nitrogens is 3. The molecule has 0 spiro atoms. The van der Waals surface area contributed by atoms with Crippen LogP contribution in [0.5, 0.6) is 17.4 Å². The number of thioether (sulfide) groups is 1. The van der Waals surface area contributed by atoms with E-state index in [1.807, 2.05) is 36.4 Å². The summed E-state index contributed by atoms with van der Waals surface area (Å²) in [5.74, 6) is 2.75. The first kappa shape index (κ1) is 21.7. The van der Waals surface area contributed by atoms with Crippen molar-refractivity contribution in [1.82, 2.24) is 15.2 Å². The first-order chi connectivity index (χ1) is 15.1. The van der Waals surface area contributed by atoms with E-state index in [4.69, 9.17) is 14.2 Å². The number of fused-ring (bicyclic) bond motifs is 3. The average molecular weight is 503 g/mol. The number of unbranched alkanes of at least 4 members (excludes halogenated alkanes) is 1. The first-order valence-corrected chi connectivity index (χ1v) is 11.7. The maximum absolute atomic E-state index is 6.37. The van der Waals surface area contributed by atoms with Gasteiger partial charge in [-0.1, -0.05) is 41.0 Å². The minimum absolute atomic E-state index is 0.424. The van der Waals surface area contributed by atoms with Gasteiger partial charge in [-0.3, -0.25) is 0 Å². The van der Waals surface area contributed by atoms with Crippen LogP contribution in [-0.4, -0.2) is 35.2 Å². The van der Waals surface area contributed by atoms with E-state index in [0.717, 1.165) is 39.9 Å².